The summed E-state index contributed by atoms with van der Waals surface area (Å²) in [6, 6.07) is 8.12. The van der Waals surface area contributed by atoms with Crippen molar-refractivity contribution in [1.82, 2.24) is 0 Å². The van der Waals surface area contributed by atoms with Crippen molar-refractivity contribution in [1.29, 1.82) is 0 Å². The van der Waals surface area contributed by atoms with Crippen LogP contribution in [0.4, 0.5) is 11.4 Å². The average Bonchev–Trinajstić information content (AvgIpc) is 2.53. The maximum Gasteiger partial charge on any atom is 0.200 e. The molecule has 25 heavy (non-hydrogen) atoms. The standard InChI is InChI=1S/C19H21N3O3/c1-22(2,3)9-10-25-14-6-4-5-11-15(14)19(24)17-13(21)8-7-12(20)16(17)18(11)23/h4-8H,9-10H2,1-3H3,(H3-,20,21,23,24)/p+1. The first-order chi connectivity index (χ1) is 11.7. The molecule has 0 amide bonds. The van der Waals surface area contributed by atoms with Gasteiger partial charge in [0.1, 0.15) is 18.9 Å². The van der Waals surface area contributed by atoms with Crippen LogP contribution in [-0.2, 0) is 0 Å². The van der Waals surface area contributed by atoms with E-state index in [9.17, 15) is 9.59 Å². The van der Waals surface area contributed by atoms with E-state index < -0.39 is 0 Å². The smallest absolute Gasteiger partial charge is 0.200 e. The summed E-state index contributed by atoms with van der Waals surface area (Å²) in [7, 11) is 6.16. The van der Waals surface area contributed by atoms with E-state index in [4.69, 9.17) is 16.2 Å². The molecule has 130 valence electrons. The van der Waals surface area contributed by atoms with Gasteiger partial charge in [-0.25, -0.2) is 0 Å². The zero-order valence-electron chi connectivity index (χ0n) is 14.6. The van der Waals surface area contributed by atoms with Gasteiger partial charge in [0.05, 0.1) is 37.8 Å². The van der Waals surface area contributed by atoms with Gasteiger partial charge in [0, 0.05) is 16.9 Å². The van der Waals surface area contributed by atoms with Gasteiger partial charge in [0.25, 0.3) is 0 Å². The van der Waals surface area contributed by atoms with Gasteiger partial charge >= 0.3 is 0 Å². The number of rotatable bonds is 4. The number of nitrogen functional groups attached to an aromatic ring is 2. The maximum absolute atomic E-state index is 13.0. The molecule has 0 saturated heterocycles. The molecule has 4 N–H and O–H groups in total. The highest BCUT2D eigenvalue weighted by atomic mass is 16.5. The first-order valence-electron chi connectivity index (χ1n) is 8.04. The van der Waals surface area contributed by atoms with Crippen molar-refractivity contribution >= 4 is 22.9 Å². The lowest BCUT2D eigenvalue weighted by molar-refractivity contribution is -0.870. The zero-order valence-corrected chi connectivity index (χ0v) is 14.6. The Morgan fingerprint density at radius 2 is 1.48 bits per heavy atom. The maximum atomic E-state index is 13.0. The Morgan fingerprint density at radius 1 is 0.880 bits per heavy atom. The van der Waals surface area contributed by atoms with Crippen molar-refractivity contribution < 1.29 is 18.8 Å². The molecule has 2 aromatic rings. The number of benzene rings is 2. The summed E-state index contributed by atoms with van der Waals surface area (Å²) >= 11 is 0. The molecule has 0 atom stereocenters. The fourth-order valence-corrected chi connectivity index (χ4v) is 2.89. The van der Waals surface area contributed by atoms with Crippen LogP contribution < -0.4 is 16.2 Å². The van der Waals surface area contributed by atoms with Gasteiger partial charge < -0.3 is 20.7 Å². The third-order valence-electron chi connectivity index (χ3n) is 4.24. The van der Waals surface area contributed by atoms with Crippen molar-refractivity contribution in [3.8, 4) is 5.75 Å². The minimum atomic E-state index is -0.324. The first kappa shape index (κ1) is 17.0. The minimum absolute atomic E-state index is 0.167. The SMILES string of the molecule is C[N+](C)(C)CCOc1cccc2c1C(=O)c1c(N)ccc(N)c1C2=O. The van der Waals surface area contributed by atoms with Crippen LogP contribution in [0.2, 0.25) is 0 Å². The quantitative estimate of drug-likeness (QED) is 0.557. The molecule has 1 aliphatic carbocycles. The number of ketones is 2. The largest absolute Gasteiger partial charge is 0.487 e. The molecular weight excluding hydrogens is 318 g/mol. The van der Waals surface area contributed by atoms with Crippen LogP contribution in [0.3, 0.4) is 0 Å². The van der Waals surface area contributed by atoms with Gasteiger partial charge in [0.2, 0.25) is 0 Å². The molecule has 0 unspecified atom stereocenters. The van der Waals surface area contributed by atoms with Gasteiger partial charge in [-0.15, -0.1) is 0 Å². The summed E-state index contributed by atoms with van der Waals surface area (Å²) in [5.74, 6) is -0.224. The number of carbonyl (C=O) groups is 2. The predicted octanol–water partition coefficient (Wildman–Crippen LogP) is 1.71. The highest BCUT2D eigenvalue weighted by Gasteiger charge is 2.35. The van der Waals surface area contributed by atoms with E-state index in [0.29, 0.717) is 17.9 Å². The van der Waals surface area contributed by atoms with E-state index in [1.165, 1.54) is 0 Å². The van der Waals surface area contributed by atoms with Crippen molar-refractivity contribution in [2.45, 2.75) is 0 Å². The molecule has 0 radical (unpaired) electrons. The number of quaternary nitrogens is 1. The molecule has 6 heteroatoms. The second-order valence-electron chi connectivity index (χ2n) is 7.19. The molecule has 2 aromatic carbocycles. The minimum Gasteiger partial charge on any atom is -0.487 e. The molecule has 0 bridgehead atoms. The van der Waals surface area contributed by atoms with Gasteiger partial charge in [-0.3, -0.25) is 9.59 Å². The number of anilines is 2. The topological polar surface area (TPSA) is 95.4 Å². The molecule has 0 heterocycles. The first-order valence-corrected chi connectivity index (χ1v) is 8.04. The van der Waals surface area contributed by atoms with E-state index >= 15 is 0 Å². The number of hydrogen-bond acceptors (Lipinski definition) is 5. The number of likely N-dealkylation sites (N-methyl/N-ethyl adjacent to an activating group) is 1. The lowest BCUT2D eigenvalue weighted by Crippen LogP contribution is -2.38. The van der Waals surface area contributed by atoms with E-state index in [1.807, 2.05) is 0 Å². The fourth-order valence-electron chi connectivity index (χ4n) is 2.89. The summed E-state index contributed by atoms with van der Waals surface area (Å²) in [5.41, 5.74) is 13.3. The fraction of sp³-hybridized carbons (Fsp3) is 0.263. The zero-order chi connectivity index (χ0) is 18.4. The number of hydrogen-bond donors (Lipinski definition) is 2. The summed E-state index contributed by atoms with van der Waals surface area (Å²) < 4.78 is 6.55. The van der Waals surface area contributed by atoms with Crippen molar-refractivity contribution in [3.05, 3.63) is 52.6 Å². The van der Waals surface area contributed by atoms with Crippen LogP contribution in [-0.4, -0.2) is 50.3 Å². The molecule has 0 aliphatic heterocycles. The van der Waals surface area contributed by atoms with E-state index in [-0.39, 0.29) is 39.6 Å². The Labute approximate surface area is 146 Å². The number of fused-ring (bicyclic) bond motifs is 2. The third kappa shape index (κ3) is 2.96. The summed E-state index contributed by atoms with van der Waals surface area (Å²) in [6.45, 7) is 1.19. The summed E-state index contributed by atoms with van der Waals surface area (Å²) in [6.07, 6.45) is 0. The number of nitrogens with two attached hydrogens (primary N) is 2. The predicted molar refractivity (Wildman–Crippen MR) is 97.0 cm³/mol. The molecular formula is C19H22N3O3+. The van der Waals surface area contributed by atoms with Crippen LogP contribution in [0.25, 0.3) is 0 Å². The summed E-state index contributed by atoms with van der Waals surface area (Å²) in [4.78, 5) is 25.9. The van der Waals surface area contributed by atoms with Gasteiger partial charge in [-0.2, -0.15) is 0 Å². The van der Waals surface area contributed by atoms with Crippen molar-refractivity contribution in [2.75, 3.05) is 45.8 Å². The lowest BCUT2D eigenvalue weighted by atomic mass is 9.82. The third-order valence-corrected chi connectivity index (χ3v) is 4.24. The van der Waals surface area contributed by atoms with Crippen LogP contribution in [0.1, 0.15) is 31.8 Å². The van der Waals surface area contributed by atoms with Gasteiger partial charge in [-0.05, 0) is 18.2 Å². The Kier molecular flexibility index (Phi) is 4.00. The second-order valence-corrected chi connectivity index (χ2v) is 7.19. The lowest BCUT2D eigenvalue weighted by Gasteiger charge is -2.25. The normalized spacial score (nSPS) is 13.4. The highest BCUT2D eigenvalue weighted by molar-refractivity contribution is 6.32. The van der Waals surface area contributed by atoms with Crippen molar-refractivity contribution in [2.24, 2.45) is 0 Å². The van der Waals surface area contributed by atoms with Crippen molar-refractivity contribution in [3.63, 3.8) is 0 Å². The average molecular weight is 340 g/mol. The number of carbonyl (C=O) groups excluding carboxylic acids is 2. The van der Waals surface area contributed by atoms with Crippen LogP contribution in [0.15, 0.2) is 30.3 Å². The molecule has 0 saturated carbocycles. The van der Waals surface area contributed by atoms with Crippen LogP contribution in [0, 0.1) is 0 Å². The summed E-state index contributed by atoms with van der Waals surface area (Å²) in [5, 5.41) is 0. The number of nitrogens with zero attached hydrogens (tertiary/aromatic N) is 1. The second kappa shape index (κ2) is 5.89. The molecule has 0 fully saturated rings. The van der Waals surface area contributed by atoms with E-state index in [0.717, 1.165) is 11.0 Å². The monoisotopic (exact) mass is 340 g/mol. The number of ether oxygens (including phenoxy) is 1. The van der Waals surface area contributed by atoms with Gasteiger partial charge in [-0.1, -0.05) is 12.1 Å². The Morgan fingerprint density at radius 3 is 2.08 bits per heavy atom. The molecule has 3 rings (SSSR count). The molecule has 1 aliphatic rings. The van der Waals surface area contributed by atoms with Crippen LogP contribution in [0.5, 0.6) is 5.75 Å². The van der Waals surface area contributed by atoms with Crippen LogP contribution >= 0.6 is 0 Å². The molecule has 0 aromatic heterocycles. The highest BCUT2D eigenvalue weighted by Crippen LogP contribution is 2.37. The Balaban J connectivity index is 2.06. The Hall–Kier alpha value is -2.86. The van der Waals surface area contributed by atoms with Gasteiger partial charge in [0.15, 0.2) is 11.6 Å². The van der Waals surface area contributed by atoms with E-state index in [2.05, 4.69) is 21.1 Å². The molecule has 6 nitrogen and oxygen atoms in total. The van der Waals surface area contributed by atoms with E-state index in [1.54, 1.807) is 30.3 Å². The Bertz CT molecular complexity index is 882. The molecule has 0 spiro atoms.